The molecule has 1 fully saturated rings. The summed E-state index contributed by atoms with van der Waals surface area (Å²) in [6.07, 6.45) is 0.606. The lowest BCUT2D eigenvalue weighted by atomic mass is 9.93. The summed E-state index contributed by atoms with van der Waals surface area (Å²) >= 11 is 0. The Balaban J connectivity index is 2.88. The molecule has 1 aliphatic heterocycles. The van der Waals surface area contributed by atoms with Gasteiger partial charge in [-0.25, -0.2) is 8.42 Å². The minimum Gasteiger partial charge on any atom is -0.228 e. The Hall–Kier alpha value is -0.740. The fourth-order valence-corrected chi connectivity index (χ4v) is 3.43. The highest BCUT2D eigenvalue weighted by molar-refractivity contribution is 7.93. The molecule has 0 spiro atoms. The molecule has 1 atom stereocenters. The van der Waals surface area contributed by atoms with Crippen LogP contribution in [0, 0.1) is 5.92 Å². The Bertz CT molecular complexity index is 341. The maximum atomic E-state index is 11.5. The van der Waals surface area contributed by atoms with Gasteiger partial charge in [-0.1, -0.05) is 5.11 Å². The van der Waals surface area contributed by atoms with Crippen molar-refractivity contribution in [1.82, 2.24) is 0 Å². The lowest BCUT2D eigenvalue weighted by Crippen LogP contribution is -2.34. The summed E-state index contributed by atoms with van der Waals surface area (Å²) in [5, 5.41) is 3.43. The average Bonchev–Trinajstić information content (AvgIpc) is 2.21. The molecule has 1 unspecified atom stereocenters. The Morgan fingerprint density at radius 3 is 2.62 bits per heavy atom. The van der Waals surface area contributed by atoms with Gasteiger partial charge in [0.05, 0.1) is 10.5 Å². The maximum Gasteiger partial charge on any atom is 0.155 e. The molecule has 1 heterocycles. The highest BCUT2D eigenvalue weighted by Gasteiger charge is 2.46. The number of hydrogen-bond donors (Lipinski definition) is 0. The number of sulfone groups is 1. The summed E-state index contributed by atoms with van der Waals surface area (Å²) in [5.74, 6) is 0.180. The van der Waals surface area contributed by atoms with E-state index in [0.29, 0.717) is 6.42 Å². The molecular weight excluding hydrogens is 190 g/mol. The molecule has 6 heteroatoms. The van der Waals surface area contributed by atoms with E-state index in [0.717, 1.165) is 0 Å². The highest BCUT2D eigenvalue weighted by Crippen LogP contribution is 2.37. The van der Waals surface area contributed by atoms with Crippen LogP contribution in [0.15, 0.2) is 5.11 Å². The second-order valence-corrected chi connectivity index (χ2v) is 6.51. The molecule has 0 amide bonds. The van der Waals surface area contributed by atoms with Crippen molar-refractivity contribution in [2.75, 3.05) is 12.3 Å². The second kappa shape index (κ2) is 3.20. The molecule has 1 saturated heterocycles. The van der Waals surface area contributed by atoms with E-state index < -0.39 is 14.6 Å². The molecule has 0 radical (unpaired) electrons. The highest BCUT2D eigenvalue weighted by atomic mass is 32.2. The van der Waals surface area contributed by atoms with E-state index in [1.54, 1.807) is 13.8 Å². The molecular formula is C7H13N3O2S. The largest absolute Gasteiger partial charge is 0.228 e. The zero-order valence-corrected chi connectivity index (χ0v) is 8.58. The maximum absolute atomic E-state index is 11.5. The standard InChI is InChI=1S/C7H13N3O2S/c1-7(2)6(5-9-10-8)3-4-13(7,11)12/h6H,3-5H2,1-2H3. The molecule has 0 bridgehead atoms. The smallest absolute Gasteiger partial charge is 0.155 e. The molecule has 13 heavy (non-hydrogen) atoms. The quantitative estimate of drug-likeness (QED) is 0.387. The van der Waals surface area contributed by atoms with Gasteiger partial charge in [-0.3, -0.25) is 0 Å². The molecule has 1 rings (SSSR count). The van der Waals surface area contributed by atoms with Crippen LogP contribution in [0.4, 0.5) is 0 Å². The molecule has 0 aromatic carbocycles. The van der Waals surface area contributed by atoms with E-state index in [-0.39, 0.29) is 18.2 Å². The zero-order valence-electron chi connectivity index (χ0n) is 7.77. The van der Waals surface area contributed by atoms with Crippen molar-refractivity contribution < 1.29 is 8.42 Å². The van der Waals surface area contributed by atoms with Crippen molar-refractivity contribution in [3.8, 4) is 0 Å². The molecule has 0 aliphatic carbocycles. The van der Waals surface area contributed by atoms with E-state index >= 15 is 0 Å². The van der Waals surface area contributed by atoms with Gasteiger partial charge in [0.1, 0.15) is 0 Å². The van der Waals surface area contributed by atoms with Crippen LogP contribution < -0.4 is 0 Å². The van der Waals surface area contributed by atoms with E-state index in [2.05, 4.69) is 10.0 Å². The van der Waals surface area contributed by atoms with Crippen LogP contribution in [0.1, 0.15) is 20.3 Å². The van der Waals surface area contributed by atoms with Crippen molar-refractivity contribution in [2.24, 2.45) is 11.0 Å². The summed E-state index contributed by atoms with van der Waals surface area (Å²) in [5.41, 5.74) is 8.14. The SMILES string of the molecule is CC1(C)C(CN=[N+]=[N-])CCS1(=O)=O. The molecule has 5 nitrogen and oxygen atoms in total. The van der Waals surface area contributed by atoms with Crippen LogP contribution in [-0.2, 0) is 9.84 Å². The van der Waals surface area contributed by atoms with Crippen molar-refractivity contribution >= 4 is 9.84 Å². The van der Waals surface area contributed by atoms with Crippen LogP contribution in [-0.4, -0.2) is 25.5 Å². The molecule has 0 saturated carbocycles. The molecule has 0 aromatic rings. The first-order valence-corrected chi connectivity index (χ1v) is 5.80. The summed E-state index contributed by atoms with van der Waals surface area (Å²) in [7, 11) is -2.99. The third-order valence-electron chi connectivity index (χ3n) is 2.89. The second-order valence-electron chi connectivity index (χ2n) is 3.82. The zero-order chi connectivity index (χ0) is 10.1. The average molecular weight is 203 g/mol. The minimum absolute atomic E-state index is 0.0339. The first-order chi connectivity index (χ1) is 5.92. The third kappa shape index (κ3) is 1.64. The number of azide groups is 1. The van der Waals surface area contributed by atoms with Gasteiger partial charge in [-0.15, -0.1) is 0 Å². The lowest BCUT2D eigenvalue weighted by molar-refractivity contribution is 0.430. The molecule has 1 aliphatic rings. The van der Waals surface area contributed by atoms with E-state index in [1.165, 1.54) is 0 Å². The summed E-state index contributed by atoms with van der Waals surface area (Å²) < 4.78 is 22.3. The van der Waals surface area contributed by atoms with Gasteiger partial charge in [0, 0.05) is 11.5 Å². The van der Waals surface area contributed by atoms with Gasteiger partial charge in [0.25, 0.3) is 0 Å². The molecule has 0 N–H and O–H groups in total. The first-order valence-electron chi connectivity index (χ1n) is 4.15. The van der Waals surface area contributed by atoms with Gasteiger partial charge in [-0.05, 0) is 31.7 Å². The Morgan fingerprint density at radius 1 is 1.62 bits per heavy atom. The Morgan fingerprint density at radius 2 is 2.23 bits per heavy atom. The van der Waals surface area contributed by atoms with Crippen LogP contribution in [0.2, 0.25) is 0 Å². The van der Waals surface area contributed by atoms with Gasteiger partial charge in [0.2, 0.25) is 0 Å². The van der Waals surface area contributed by atoms with Crippen LogP contribution in [0.3, 0.4) is 0 Å². The predicted octanol–water partition coefficient (Wildman–Crippen LogP) is 1.51. The van der Waals surface area contributed by atoms with Crippen molar-refractivity contribution in [3.05, 3.63) is 10.4 Å². The number of rotatable bonds is 2. The fourth-order valence-electron chi connectivity index (χ4n) is 1.61. The summed E-state index contributed by atoms with van der Waals surface area (Å²) in [6, 6.07) is 0. The fraction of sp³-hybridized carbons (Fsp3) is 1.00. The Labute approximate surface area is 77.7 Å². The third-order valence-corrected chi connectivity index (χ3v) is 5.59. The van der Waals surface area contributed by atoms with Gasteiger partial charge < -0.3 is 0 Å². The monoisotopic (exact) mass is 203 g/mol. The van der Waals surface area contributed by atoms with E-state index in [1.807, 2.05) is 0 Å². The summed E-state index contributed by atoms with van der Waals surface area (Å²) in [6.45, 7) is 3.68. The minimum atomic E-state index is -2.99. The summed E-state index contributed by atoms with van der Waals surface area (Å²) in [4.78, 5) is 2.64. The topological polar surface area (TPSA) is 82.9 Å². The normalized spacial score (nSPS) is 29.5. The van der Waals surface area contributed by atoms with Gasteiger partial charge in [0.15, 0.2) is 9.84 Å². The lowest BCUT2D eigenvalue weighted by Gasteiger charge is -2.23. The van der Waals surface area contributed by atoms with Gasteiger partial charge >= 0.3 is 0 Å². The van der Waals surface area contributed by atoms with Gasteiger partial charge in [-0.2, -0.15) is 0 Å². The van der Waals surface area contributed by atoms with Crippen LogP contribution >= 0.6 is 0 Å². The molecule has 0 aromatic heterocycles. The van der Waals surface area contributed by atoms with Crippen molar-refractivity contribution in [1.29, 1.82) is 0 Å². The number of hydrogen-bond acceptors (Lipinski definition) is 3. The first kappa shape index (κ1) is 10.3. The van der Waals surface area contributed by atoms with E-state index in [4.69, 9.17) is 5.53 Å². The van der Waals surface area contributed by atoms with Crippen LogP contribution in [0.5, 0.6) is 0 Å². The van der Waals surface area contributed by atoms with Crippen molar-refractivity contribution in [3.63, 3.8) is 0 Å². The predicted molar refractivity (Wildman–Crippen MR) is 50.0 cm³/mol. The van der Waals surface area contributed by atoms with Crippen LogP contribution in [0.25, 0.3) is 10.4 Å². The molecule has 74 valence electrons. The number of nitrogens with zero attached hydrogens (tertiary/aromatic N) is 3. The van der Waals surface area contributed by atoms with E-state index in [9.17, 15) is 8.42 Å². The Kier molecular flexibility index (Phi) is 2.54. The van der Waals surface area contributed by atoms with Crippen molar-refractivity contribution in [2.45, 2.75) is 25.0 Å².